The number of carbonyl (C=O) groups is 1. The Morgan fingerprint density at radius 2 is 1.74 bits per heavy atom. The number of carbonyl (C=O) groups excluding carboxylic acids is 1. The van der Waals surface area contributed by atoms with Crippen LogP contribution >= 0.6 is 11.6 Å². The molecule has 8 nitrogen and oxygen atoms in total. The van der Waals surface area contributed by atoms with Gasteiger partial charge < -0.3 is 4.55 Å². The van der Waals surface area contributed by atoms with Gasteiger partial charge in [-0.15, -0.1) is 0 Å². The summed E-state index contributed by atoms with van der Waals surface area (Å²) in [5.74, 6) is -0.489. The SMILES string of the molecule is CC1=NN(c2ccccc2Cl)C(=O)C1N=Nc1ccc2ccccc2c1S(=O)(=O)[O-].[K+]. The number of para-hydroxylation sites is 1. The van der Waals surface area contributed by atoms with Gasteiger partial charge in [0.05, 0.1) is 21.3 Å². The summed E-state index contributed by atoms with van der Waals surface area (Å²) >= 11 is 6.15. The summed E-state index contributed by atoms with van der Waals surface area (Å²) in [5, 5.41) is 14.4. The molecule has 31 heavy (non-hydrogen) atoms. The van der Waals surface area contributed by atoms with E-state index in [0.717, 1.165) is 5.01 Å². The van der Waals surface area contributed by atoms with E-state index in [2.05, 4.69) is 15.3 Å². The summed E-state index contributed by atoms with van der Waals surface area (Å²) in [7, 11) is -4.84. The minimum Gasteiger partial charge on any atom is -0.744 e. The molecule has 0 bridgehead atoms. The second-order valence-electron chi connectivity index (χ2n) is 6.55. The summed E-state index contributed by atoms with van der Waals surface area (Å²) < 4.78 is 35.7. The summed E-state index contributed by atoms with van der Waals surface area (Å²) in [6, 6.07) is 15.2. The molecule has 1 atom stereocenters. The third kappa shape index (κ3) is 4.81. The van der Waals surface area contributed by atoms with Gasteiger partial charge in [-0.1, -0.05) is 54.1 Å². The fourth-order valence-electron chi connectivity index (χ4n) is 3.18. The number of hydrogen-bond acceptors (Lipinski definition) is 7. The number of nitrogens with zero attached hydrogens (tertiary/aromatic N) is 4. The predicted molar refractivity (Wildman–Crippen MR) is 112 cm³/mol. The first-order valence-electron chi connectivity index (χ1n) is 8.79. The number of hydrogen-bond donors (Lipinski definition) is 0. The van der Waals surface area contributed by atoms with Crippen LogP contribution in [-0.4, -0.2) is 30.6 Å². The van der Waals surface area contributed by atoms with Crippen molar-refractivity contribution in [3.8, 4) is 0 Å². The van der Waals surface area contributed by atoms with Crippen LogP contribution < -0.4 is 56.4 Å². The molecule has 0 saturated heterocycles. The molecule has 3 aromatic carbocycles. The van der Waals surface area contributed by atoms with Crippen molar-refractivity contribution < 1.29 is 69.1 Å². The van der Waals surface area contributed by atoms with Crippen LogP contribution in [-0.2, 0) is 14.9 Å². The van der Waals surface area contributed by atoms with E-state index in [1.165, 1.54) is 12.1 Å². The first-order valence-corrected chi connectivity index (χ1v) is 10.6. The fraction of sp³-hybridized carbons (Fsp3) is 0.100. The zero-order valence-corrected chi connectivity index (χ0v) is 21.3. The van der Waals surface area contributed by atoms with E-state index in [1.54, 1.807) is 55.5 Å². The average molecular weight is 481 g/mol. The van der Waals surface area contributed by atoms with Gasteiger partial charge in [0.15, 0.2) is 6.04 Å². The van der Waals surface area contributed by atoms with Gasteiger partial charge >= 0.3 is 51.4 Å². The normalized spacial score (nSPS) is 16.6. The van der Waals surface area contributed by atoms with Crippen molar-refractivity contribution in [1.29, 1.82) is 0 Å². The summed E-state index contributed by atoms with van der Waals surface area (Å²) in [5.41, 5.74) is 0.617. The molecule has 0 aromatic heterocycles. The molecular formula is C20H14ClKN4O4S. The number of fused-ring (bicyclic) bond motifs is 1. The molecule has 0 saturated carbocycles. The summed E-state index contributed by atoms with van der Waals surface area (Å²) in [6.07, 6.45) is 0. The Morgan fingerprint density at radius 1 is 1.06 bits per heavy atom. The van der Waals surface area contributed by atoms with E-state index in [9.17, 15) is 17.8 Å². The number of azo groups is 1. The van der Waals surface area contributed by atoms with E-state index in [0.29, 0.717) is 21.8 Å². The summed E-state index contributed by atoms with van der Waals surface area (Å²) in [6.45, 7) is 1.60. The molecule has 152 valence electrons. The van der Waals surface area contributed by atoms with Crippen LogP contribution in [0.1, 0.15) is 6.92 Å². The molecule has 11 heteroatoms. The number of benzene rings is 3. The molecule has 1 amide bonds. The molecular weight excluding hydrogens is 467 g/mol. The van der Waals surface area contributed by atoms with Gasteiger partial charge in [0.2, 0.25) is 0 Å². The molecule has 4 rings (SSSR count). The average Bonchev–Trinajstić information content (AvgIpc) is 2.99. The third-order valence-electron chi connectivity index (χ3n) is 4.57. The van der Waals surface area contributed by atoms with E-state index in [-0.39, 0.29) is 62.5 Å². The van der Waals surface area contributed by atoms with Crippen LogP contribution in [0.5, 0.6) is 0 Å². The Balaban J connectivity index is 0.00000272. The van der Waals surface area contributed by atoms with Gasteiger partial charge in [-0.2, -0.15) is 20.3 Å². The van der Waals surface area contributed by atoms with Crippen LogP contribution in [0.4, 0.5) is 11.4 Å². The largest absolute Gasteiger partial charge is 1.00 e. The molecule has 1 heterocycles. The van der Waals surface area contributed by atoms with Gasteiger partial charge in [-0.3, -0.25) is 4.79 Å². The van der Waals surface area contributed by atoms with Crippen molar-refractivity contribution in [3.63, 3.8) is 0 Å². The first-order chi connectivity index (χ1) is 14.3. The molecule has 1 unspecified atom stereocenters. The van der Waals surface area contributed by atoms with Gasteiger partial charge in [0, 0.05) is 5.39 Å². The van der Waals surface area contributed by atoms with Gasteiger partial charge in [-0.25, -0.2) is 8.42 Å². The number of rotatable bonds is 4. The van der Waals surface area contributed by atoms with Crippen molar-refractivity contribution in [3.05, 3.63) is 65.7 Å². The zero-order valence-electron chi connectivity index (χ0n) is 16.6. The van der Waals surface area contributed by atoms with Crippen molar-refractivity contribution in [1.82, 2.24) is 0 Å². The molecule has 0 fully saturated rings. The van der Waals surface area contributed by atoms with Crippen molar-refractivity contribution in [2.24, 2.45) is 15.3 Å². The quantitative estimate of drug-likeness (QED) is 0.318. The van der Waals surface area contributed by atoms with Crippen LogP contribution in [0.2, 0.25) is 5.02 Å². The molecule has 0 aliphatic carbocycles. The van der Waals surface area contributed by atoms with E-state index in [1.807, 2.05) is 0 Å². The molecule has 0 radical (unpaired) electrons. The molecule has 3 aromatic rings. The predicted octanol–water partition coefficient (Wildman–Crippen LogP) is 1.28. The standard InChI is InChI=1S/C20H15ClN4O4S.K/c1-12-18(20(26)25(24-12)17-9-5-4-8-15(17)21)23-22-16-11-10-13-6-2-3-7-14(13)19(16)30(27,28)29;/h2-11,18H,1H3,(H,27,28,29);/q;+1/p-1. The van der Waals surface area contributed by atoms with E-state index < -0.39 is 27.0 Å². The molecule has 1 aliphatic heterocycles. The van der Waals surface area contributed by atoms with Crippen molar-refractivity contribution in [2.75, 3.05) is 5.01 Å². The zero-order chi connectivity index (χ0) is 21.5. The minimum absolute atomic E-state index is 0. The minimum atomic E-state index is -4.84. The Labute approximate surface area is 226 Å². The number of halogens is 1. The number of hydrazone groups is 1. The maximum Gasteiger partial charge on any atom is 1.00 e. The topological polar surface area (TPSA) is 115 Å². The third-order valence-corrected chi connectivity index (χ3v) is 5.82. The van der Waals surface area contributed by atoms with Gasteiger partial charge in [-0.05, 0) is 30.5 Å². The van der Waals surface area contributed by atoms with Crippen LogP contribution in [0.3, 0.4) is 0 Å². The van der Waals surface area contributed by atoms with E-state index >= 15 is 0 Å². The monoisotopic (exact) mass is 480 g/mol. The van der Waals surface area contributed by atoms with E-state index in [4.69, 9.17) is 11.6 Å². The van der Waals surface area contributed by atoms with Crippen LogP contribution in [0, 0.1) is 0 Å². The second kappa shape index (κ2) is 9.55. The molecule has 0 spiro atoms. The Hall–Kier alpha value is -1.50. The molecule has 1 aliphatic rings. The van der Waals surface area contributed by atoms with Crippen LogP contribution in [0.15, 0.2) is 80.9 Å². The van der Waals surface area contributed by atoms with Crippen molar-refractivity contribution >= 4 is 55.5 Å². The number of anilines is 1. The fourth-order valence-corrected chi connectivity index (χ4v) is 4.21. The molecule has 0 N–H and O–H groups in total. The smallest absolute Gasteiger partial charge is 0.744 e. The maximum atomic E-state index is 12.8. The Kier molecular flexibility index (Phi) is 7.44. The van der Waals surface area contributed by atoms with Gasteiger partial charge in [0.1, 0.15) is 15.8 Å². The van der Waals surface area contributed by atoms with Gasteiger partial charge in [0.25, 0.3) is 5.91 Å². The number of amides is 1. The van der Waals surface area contributed by atoms with Crippen LogP contribution in [0.25, 0.3) is 10.8 Å². The Bertz CT molecular complexity index is 1340. The second-order valence-corrected chi connectivity index (χ2v) is 8.27. The Morgan fingerprint density at radius 3 is 2.45 bits per heavy atom. The maximum absolute atomic E-state index is 12.8. The summed E-state index contributed by atoms with van der Waals surface area (Å²) in [4.78, 5) is 12.3. The van der Waals surface area contributed by atoms with Crippen molar-refractivity contribution in [2.45, 2.75) is 17.9 Å². The first kappa shape index (κ1) is 24.1.